The van der Waals surface area contributed by atoms with Crippen molar-refractivity contribution < 1.29 is 4.79 Å². The Morgan fingerprint density at radius 3 is 2.85 bits per heavy atom. The van der Waals surface area contributed by atoms with E-state index in [1.807, 2.05) is 13.0 Å². The van der Waals surface area contributed by atoms with Crippen LogP contribution in [-0.4, -0.2) is 30.4 Å². The molecular formula is C15H20ClN3O. The van der Waals surface area contributed by atoms with Crippen LogP contribution in [0.25, 0.3) is 0 Å². The van der Waals surface area contributed by atoms with Gasteiger partial charge in [-0.1, -0.05) is 18.5 Å². The first-order valence-electron chi connectivity index (χ1n) is 6.68. The van der Waals surface area contributed by atoms with Crippen molar-refractivity contribution in [2.24, 2.45) is 0 Å². The lowest BCUT2D eigenvalue weighted by atomic mass is 10.1. The number of hydrogen-bond donors (Lipinski definition) is 1. The fourth-order valence-electron chi connectivity index (χ4n) is 1.77. The molecule has 0 aliphatic heterocycles. The van der Waals surface area contributed by atoms with E-state index in [4.69, 9.17) is 16.9 Å². The van der Waals surface area contributed by atoms with E-state index in [-0.39, 0.29) is 11.9 Å². The molecule has 1 rings (SSSR count). The molecule has 0 aliphatic carbocycles. The van der Waals surface area contributed by atoms with Crippen LogP contribution in [0.5, 0.6) is 0 Å². The first-order chi connectivity index (χ1) is 9.51. The van der Waals surface area contributed by atoms with Gasteiger partial charge in [0.2, 0.25) is 0 Å². The lowest BCUT2D eigenvalue weighted by Crippen LogP contribution is -2.35. The van der Waals surface area contributed by atoms with Gasteiger partial charge in [0.25, 0.3) is 5.91 Å². The monoisotopic (exact) mass is 293 g/mol. The first kappa shape index (κ1) is 16.3. The Labute approximate surface area is 125 Å². The van der Waals surface area contributed by atoms with Crippen molar-refractivity contribution in [3.05, 3.63) is 28.8 Å². The zero-order valence-electron chi connectivity index (χ0n) is 12.1. The molecule has 0 heterocycles. The Balaban J connectivity index is 3.01. The molecule has 5 heteroatoms. The van der Waals surface area contributed by atoms with Gasteiger partial charge in [-0.05, 0) is 31.5 Å². The van der Waals surface area contributed by atoms with E-state index in [1.54, 1.807) is 24.1 Å². The van der Waals surface area contributed by atoms with Gasteiger partial charge >= 0.3 is 0 Å². The molecule has 1 amide bonds. The van der Waals surface area contributed by atoms with E-state index in [1.165, 1.54) is 0 Å². The van der Waals surface area contributed by atoms with E-state index in [0.717, 1.165) is 18.7 Å². The van der Waals surface area contributed by atoms with Crippen molar-refractivity contribution in [3.63, 3.8) is 0 Å². The van der Waals surface area contributed by atoms with Crippen LogP contribution in [0.2, 0.25) is 5.02 Å². The minimum atomic E-state index is -0.134. The zero-order valence-corrected chi connectivity index (χ0v) is 12.9. The number of amides is 1. The highest BCUT2D eigenvalue weighted by molar-refractivity contribution is 6.31. The predicted molar refractivity (Wildman–Crippen MR) is 82.0 cm³/mol. The maximum absolute atomic E-state index is 12.5. The van der Waals surface area contributed by atoms with Crippen LogP contribution in [0.4, 0.5) is 5.69 Å². The Morgan fingerprint density at radius 1 is 1.55 bits per heavy atom. The molecule has 0 aliphatic rings. The predicted octanol–water partition coefficient (Wildman–Crippen LogP) is 3.54. The van der Waals surface area contributed by atoms with Crippen LogP contribution in [-0.2, 0) is 0 Å². The number of nitrogens with one attached hydrogen (secondary N) is 1. The third-order valence-corrected chi connectivity index (χ3v) is 3.38. The standard InChI is InChI=1S/C15H20ClN3O/c1-4-9-18-14-6-5-12(16)10-13(14)15(20)19(3)11(2)7-8-17/h5-6,10-11,18H,4,7,9H2,1-3H3. The summed E-state index contributed by atoms with van der Waals surface area (Å²) in [7, 11) is 1.70. The second kappa shape index (κ2) is 7.76. The topological polar surface area (TPSA) is 56.1 Å². The second-order valence-electron chi connectivity index (χ2n) is 4.74. The smallest absolute Gasteiger partial charge is 0.256 e. The molecule has 1 unspecified atom stereocenters. The molecule has 108 valence electrons. The van der Waals surface area contributed by atoms with Gasteiger partial charge in [0, 0.05) is 30.3 Å². The third-order valence-electron chi connectivity index (χ3n) is 3.15. The fraction of sp³-hybridized carbons (Fsp3) is 0.467. The van der Waals surface area contributed by atoms with E-state index in [2.05, 4.69) is 18.3 Å². The minimum absolute atomic E-state index is 0.131. The summed E-state index contributed by atoms with van der Waals surface area (Å²) < 4.78 is 0. The maximum Gasteiger partial charge on any atom is 0.256 e. The minimum Gasteiger partial charge on any atom is -0.384 e. The van der Waals surface area contributed by atoms with E-state index in [0.29, 0.717) is 17.0 Å². The van der Waals surface area contributed by atoms with E-state index >= 15 is 0 Å². The first-order valence-corrected chi connectivity index (χ1v) is 7.06. The van der Waals surface area contributed by atoms with Gasteiger partial charge in [0.05, 0.1) is 18.1 Å². The number of carbonyl (C=O) groups excluding carboxylic acids is 1. The van der Waals surface area contributed by atoms with Crippen LogP contribution in [0.3, 0.4) is 0 Å². The van der Waals surface area contributed by atoms with Crippen molar-refractivity contribution in [1.82, 2.24) is 4.90 Å². The van der Waals surface area contributed by atoms with Crippen LogP contribution < -0.4 is 5.32 Å². The molecule has 1 aromatic carbocycles. The van der Waals surface area contributed by atoms with Gasteiger partial charge < -0.3 is 10.2 Å². The van der Waals surface area contributed by atoms with Crippen molar-refractivity contribution in [2.75, 3.05) is 18.9 Å². The second-order valence-corrected chi connectivity index (χ2v) is 5.18. The van der Waals surface area contributed by atoms with Gasteiger partial charge in [-0.3, -0.25) is 4.79 Å². The summed E-state index contributed by atoms with van der Waals surface area (Å²) >= 11 is 5.99. The molecule has 1 aromatic rings. The summed E-state index contributed by atoms with van der Waals surface area (Å²) in [6.07, 6.45) is 1.28. The molecule has 1 atom stereocenters. The Bertz CT molecular complexity index is 510. The van der Waals surface area contributed by atoms with Gasteiger partial charge in [0.15, 0.2) is 0 Å². The van der Waals surface area contributed by atoms with Crippen molar-refractivity contribution in [2.45, 2.75) is 32.7 Å². The molecule has 20 heavy (non-hydrogen) atoms. The quantitative estimate of drug-likeness (QED) is 0.873. The largest absolute Gasteiger partial charge is 0.384 e. The summed E-state index contributed by atoms with van der Waals surface area (Å²) in [6, 6.07) is 7.18. The summed E-state index contributed by atoms with van der Waals surface area (Å²) in [6.45, 7) is 4.70. The van der Waals surface area contributed by atoms with E-state index < -0.39 is 0 Å². The van der Waals surface area contributed by atoms with Crippen LogP contribution in [0.15, 0.2) is 18.2 Å². The fourth-order valence-corrected chi connectivity index (χ4v) is 1.94. The highest BCUT2D eigenvalue weighted by Crippen LogP contribution is 2.23. The maximum atomic E-state index is 12.5. The zero-order chi connectivity index (χ0) is 15.1. The average Bonchev–Trinajstić information content (AvgIpc) is 2.44. The average molecular weight is 294 g/mol. The molecule has 1 N–H and O–H groups in total. The number of carbonyl (C=O) groups is 1. The molecule has 0 saturated carbocycles. The molecule has 0 saturated heterocycles. The highest BCUT2D eigenvalue weighted by Gasteiger charge is 2.20. The van der Waals surface area contributed by atoms with E-state index in [9.17, 15) is 4.79 Å². The molecule has 0 radical (unpaired) electrons. The summed E-state index contributed by atoms with van der Waals surface area (Å²) in [4.78, 5) is 14.1. The number of rotatable bonds is 6. The number of nitriles is 1. The Morgan fingerprint density at radius 2 is 2.25 bits per heavy atom. The molecule has 0 bridgehead atoms. The summed E-state index contributed by atoms with van der Waals surface area (Å²) in [5.74, 6) is -0.131. The number of benzene rings is 1. The number of anilines is 1. The Kier molecular flexibility index (Phi) is 6.33. The van der Waals surface area contributed by atoms with Crippen LogP contribution in [0, 0.1) is 11.3 Å². The number of nitrogens with zero attached hydrogens (tertiary/aromatic N) is 2. The van der Waals surface area contributed by atoms with Crippen molar-refractivity contribution >= 4 is 23.2 Å². The van der Waals surface area contributed by atoms with Gasteiger partial charge in [0.1, 0.15) is 0 Å². The number of hydrogen-bond acceptors (Lipinski definition) is 3. The lowest BCUT2D eigenvalue weighted by Gasteiger charge is -2.24. The molecule has 0 aromatic heterocycles. The lowest BCUT2D eigenvalue weighted by molar-refractivity contribution is 0.0747. The van der Waals surface area contributed by atoms with Gasteiger partial charge in [-0.2, -0.15) is 5.26 Å². The molecule has 0 spiro atoms. The third kappa shape index (κ3) is 4.14. The summed E-state index contributed by atoms with van der Waals surface area (Å²) in [5.41, 5.74) is 1.32. The van der Waals surface area contributed by atoms with Gasteiger partial charge in [-0.15, -0.1) is 0 Å². The van der Waals surface area contributed by atoms with Crippen LogP contribution in [0.1, 0.15) is 37.0 Å². The molecule has 4 nitrogen and oxygen atoms in total. The van der Waals surface area contributed by atoms with Crippen LogP contribution >= 0.6 is 11.6 Å². The summed E-state index contributed by atoms with van der Waals surface area (Å²) in [5, 5.41) is 12.5. The highest BCUT2D eigenvalue weighted by atomic mass is 35.5. The Hall–Kier alpha value is -1.73. The SMILES string of the molecule is CCCNc1ccc(Cl)cc1C(=O)N(C)C(C)CC#N. The number of halogens is 1. The molecule has 0 fully saturated rings. The normalized spacial score (nSPS) is 11.6. The van der Waals surface area contributed by atoms with Crippen molar-refractivity contribution in [3.8, 4) is 6.07 Å². The molecular weight excluding hydrogens is 274 g/mol. The van der Waals surface area contributed by atoms with Gasteiger partial charge in [-0.25, -0.2) is 0 Å². The van der Waals surface area contributed by atoms with Crippen molar-refractivity contribution in [1.29, 1.82) is 5.26 Å².